The molecule has 1 atom stereocenters. The van der Waals surface area contributed by atoms with E-state index < -0.39 is 11.8 Å². The van der Waals surface area contributed by atoms with Crippen molar-refractivity contribution in [3.8, 4) is 0 Å². The predicted octanol–water partition coefficient (Wildman–Crippen LogP) is 3.40. The molecule has 0 radical (unpaired) electrons. The van der Waals surface area contributed by atoms with E-state index in [0.717, 1.165) is 12.0 Å². The van der Waals surface area contributed by atoms with Crippen molar-refractivity contribution in [3.05, 3.63) is 35.9 Å². The number of hydrogen-bond donors (Lipinski definition) is 1. The highest BCUT2D eigenvalue weighted by molar-refractivity contribution is 5.58. The van der Waals surface area contributed by atoms with Crippen LogP contribution in [0.25, 0.3) is 0 Å². The molecule has 1 unspecified atom stereocenters. The first-order chi connectivity index (χ1) is 7.08. The lowest BCUT2D eigenvalue weighted by Gasteiger charge is -2.28. The second kappa shape index (κ2) is 4.82. The maximum atomic E-state index is 10.6. The fraction of sp³-hybridized carbons (Fsp3) is 0.417. The first kappa shape index (κ1) is 11.6. The van der Waals surface area contributed by atoms with Crippen LogP contribution in [0.3, 0.4) is 0 Å². The first-order valence-corrected chi connectivity index (χ1v) is 5.06. The van der Waals surface area contributed by atoms with Crippen molar-refractivity contribution in [1.82, 2.24) is 0 Å². The number of carboxylic acid groups (broad SMARTS) is 1. The molecule has 0 saturated carbocycles. The summed E-state index contributed by atoms with van der Waals surface area (Å²) in [7, 11) is 0. The van der Waals surface area contributed by atoms with Crippen molar-refractivity contribution in [2.45, 2.75) is 32.3 Å². The molecule has 0 amide bonds. The zero-order valence-electron chi connectivity index (χ0n) is 9.06. The number of rotatable bonds is 4. The Balaban J connectivity index is 2.95. The van der Waals surface area contributed by atoms with Gasteiger partial charge in [0.05, 0.1) is 0 Å². The molecule has 0 bridgehead atoms. The van der Waals surface area contributed by atoms with Crippen molar-refractivity contribution in [1.29, 1.82) is 0 Å². The second-order valence-corrected chi connectivity index (χ2v) is 3.71. The SMILES string of the molecule is CCCC(C)(OC(=O)O)c1ccccc1. The lowest BCUT2D eigenvalue weighted by molar-refractivity contribution is -0.0166. The number of benzene rings is 1. The Morgan fingerprint density at radius 2 is 2.00 bits per heavy atom. The summed E-state index contributed by atoms with van der Waals surface area (Å²) in [4.78, 5) is 10.6. The molecule has 0 aromatic heterocycles. The van der Waals surface area contributed by atoms with E-state index in [0.29, 0.717) is 6.42 Å². The van der Waals surface area contributed by atoms with Gasteiger partial charge in [0.25, 0.3) is 0 Å². The standard InChI is InChI=1S/C12H16O3/c1-3-9-12(2,15-11(13)14)10-7-5-4-6-8-10/h4-8H,3,9H2,1-2H3,(H,13,14). The molecule has 1 aromatic carbocycles. The Morgan fingerprint density at radius 3 is 2.47 bits per heavy atom. The quantitative estimate of drug-likeness (QED) is 0.771. The van der Waals surface area contributed by atoms with E-state index in [1.807, 2.05) is 37.3 Å². The number of carbonyl (C=O) groups is 1. The Kier molecular flexibility index (Phi) is 3.72. The van der Waals surface area contributed by atoms with Crippen LogP contribution in [0.2, 0.25) is 0 Å². The normalized spacial score (nSPS) is 14.3. The molecular weight excluding hydrogens is 192 g/mol. The molecule has 3 nitrogen and oxygen atoms in total. The van der Waals surface area contributed by atoms with Gasteiger partial charge in [0.2, 0.25) is 0 Å². The van der Waals surface area contributed by atoms with Crippen LogP contribution in [0.5, 0.6) is 0 Å². The molecule has 0 spiro atoms. The molecule has 0 aliphatic carbocycles. The van der Waals surface area contributed by atoms with Crippen molar-refractivity contribution in [2.24, 2.45) is 0 Å². The molecule has 82 valence electrons. The predicted molar refractivity (Wildman–Crippen MR) is 57.8 cm³/mol. The average Bonchev–Trinajstić information content (AvgIpc) is 2.18. The first-order valence-electron chi connectivity index (χ1n) is 5.06. The van der Waals surface area contributed by atoms with E-state index >= 15 is 0 Å². The van der Waals surface area contributed by atoms with Crippen LogP contribution in [0.4, 0.5) is 4.79 Å². The molecule has 0 heterocycles. The topological polar surface area (TPSA) is 46.5 Å². The van der Waals surface area contributed by atoms with Crippen molar-refractivity contribution in [3.63, 3.8) is 0 Å². The van der Waals surface area contributed by atoms with E-state index in [9.17, 15) is 4.79 Å². The van der Waals surface area contributed by atoms with Crippen LogP contribution < -0.4 is 0 Å². The van der Waals surface area contributed by atoms with Crippen molar-refractivity contribution < 1.29 is 14.6 Å². The minimum Gasteiger partial charge on any atom is -0.450 e. The highest BCUT2D eigenvalue weighted by Crippen LogP contribution is 2.30. The molecule has 0 aliphatic heterocycles. The van der Waals surface area contributed by atoms with Crippen LogP contribution in [0, 0.1) is 0 Å². The summed E-state index contributed by atoms with van der Waals surface area (Å²) in [6.45, 7) is 3.81. The summed E-state index contributed by atoms with van der Waals surface area (Å²) in [5.41, 5.74) is 0.163. The molecule has 0 aliphatic rings. The Morgan fingerprint density at radius 1 is 1.40 bits per heavy atom. The highest BCUT2D eigenvalue weighted by Gasteiger charge is 2.29. The molecule has 0 saturated heterocycles. The van der Waals surface area contributed by atoms with E-state index in [1.54, 1.807) is 6.92 Å². The van der Waals surface area contributed by atoms with E-state index in [1.165, 1.54) is 0 Å². The minimum atomic E-state index is -1.23. The van der Waals surface area contributed by atoms with Gasteiger partial charge in [0.1, 0.15) is 5.60 Å². The molecule has 1 rings (SSSR count). The third-order valence-electron chi connectivity index (χ3n) is 2.42. The van der Waals surface area contributed by atoms with E-state index in [-0.39, 0.29) is 0 Å². The minimum absolute atomic E-state index is 0.684. The second-order valence-electron chi connectivity index (χ2n) is 3.71. The van der Waals surface area contributed by atoms with Crippen LogP contribution in [0.1, 0.15) is 32.3 Å². The van der Waals surface area contributed by atoms with Crippen molar-refractivity contribution in [2.75, 3.05) is 0 Å². The number of ether oxygens (including phenoxy) is 1. The van der Waals surface area contributed by atoms with Gasteiger partial charge in [0.15, 0.2) is 0 Å². The van der Waals surface area contributed by atoms with Gasteiger partial charge in [-0.05, 0) is 18.9 Å². The smallest absolute Gasteiger partial charge is 0.450 e. The Bertz CT molecular complexity index is 321. The summed E-state index contributed by atoms with van der Waals surface area (Å²) in [5.74, 6) is 0. The van der Waals surface area contributed by atoms with E-state index in [2.05, 4.69) is 0 Å². The zero-order valence-corrected chi connectivity index (χ0v) is 9.06. The van der Waals surface area contributed by atoms with Crippen molar-refractivity contribution >= 4 is 6.16 Å². The highest BCUT2D eigenvalue weighted by atomic mass is 16.7. The molecule has 1 aromatic rings. The Labute approximate surface area is 89.7 Å². The molecule has 0 fully saturated rings. The fourth-order valence-electron chi connectivity index (χ4n) is 1.71. The van der Waals surface area contributed by atoms with Gasteiger partial charge in [-0.1, -0.05) is 43.7 Å². The zero-order chi connectivity index (χ0) is 11.3. The average molecular weight is 208 g/mol. The van der Waals surface area contributed by atoms with Gasteiger partial charge in [0, 0.05) is 0 Å². The molecule has 15 heavy (non-hydrogen) atoms. The van der Waals surface area contributed by atoms with Crippen LogP contribution in [-0.2, 0) is 10.3 Å². The summed E-state index contributed by atoms with van der Waals surface area (Å²) in [6.07, 6.45) is 0.330. The maximum absolute atomic E-state index is 10.6. The summed E-state index contributed by atoms with van der Waals surface area (Å²) in [6, 6.07) is 9.44. The fourth-order valence-corrected chi connectivity index (χ4v) is 1.71. The molecular formula is C12H16O3. The lowest BCUT2D eigenvalue weighted by atomic mass is 9.91. The monoisotopic (exact) mass is 208 g/mol. The summed E-state index contributed by atoms with van der Waals surface area (Å²) >= 11 is 0. The van der Waals surface area contributed by atoms with Crippen LogP contribution in [-0.4, -0.2) is 11.3 Å². The molecule has 3 heteroatoms. The van der Waals surface area contributed by atoms with Gasteiger partial charge in [-0.3, -0.25) is 0 Å². The van der Waals surface area contributed by atoms with Gasteiger partial charge in [-0.15, -0.1) is 0 Å². The van der Waals surface area contributed by atoms with Crippen LogP contribution in [0.15, 0.2) is 30.3 Å². The summed E-state index contributed by atoms with van der Waals surface area (Å²) in [5, 5.41) is 8.71. The van der Waals surface area contributed by atoms with Gasteiger partial charge in [-0.25, -0.2) is 4.79 Å². The number of hydrogen-bond acceptors (Lipinski definition) is 2. The maximum Gasteiger partial charge on any atom is 0.506 e. The third-order valence-corrected chi connectivity index (χ3v) is 2.42. The summed E-state index contributed by atoms with van der Waals surface area (Å²) < 4.78 is 4.98. The lowest BCUT2D eigenvalue weighted by Crippen LogP contribution is -2.28. The molecule has 1 N–H and O–H groups in total. The van der Waals surface area contributed by atoms with Gasteiger partial charge < -0.3 is 9.84 Å². The Hall–Kier alpha value is -1.51. The van der Waals surface area contributed by atoms with Gasteiger partial charge >= 0.3 is 6.16 Å². The third kappa shape index (κ3) is 2.98. The van der Waals surface area contributed by atoms with E-state index in [4.69, 9.17) is 9.84 Å². The van der Waals surface area contributed by atoms with Gasteiger partial charge in [-0.2, -0.15) is 0 Å². The largest absolute Gasteiger partial charge is 0.506 e. The van der Waals surface area contributed by atoms with Crippen LogP contribution >= 0.6 is 0 Å².